The molecule has 0 N–H and O–H groups in total. The summed E-state index contributed by atoms with van der Waals surface area (Å²) in [5, 5.41) is 4.71. The monoisotopic (exact) mass is 1870 g/mol. The molecule has 4 aliphatic rings. The third kappa shape index (κ3) is 14.1. The summed E-state index contributed by atoms with van der Waals surface area (Å²) in [4.78, 5) is 0. The van der Waals surface area contributed by atoms with Crippen LogP contribution >= 0.6 is 0 Å². The van der Waals surface area contributed by atoms with E-state index in [1.807, 2.05) is 93.6 Å². The molecular formula is C130H136N4O4+4. The standard InChI is InChI=1S/C35H38NO.C33H34NO.C31H30NO.C29H26NO.2CH4/c1-21(2)18-35(19-22(3)4)28-11-9-8-10-27(28)32-29(35)16-15-26-25-14-13-24(6)31(33(25)37-34(26)32)30-17-12-23(5)20-36(30)7;1-19(2)33(20(3)4)26-11-9-8-10-25(26)30-27(33)16-15-24-23-14-13-22(6)29(31(23)35-32(24)30)28-17-12-21(5)18-34(28)7;1-6-31(7-2)24-11-9-8-10-23(24)28-25(31)16-15-22-21-14-13-20(4)27(29(21)33-30(22)28)26-17-12-19(3)18-32(26)5;1-17-10-15-24(30(5)16-17)25-18(2)11-12-21-22-14-13-20-19-8-6-7-9-23(19)29(3,4)26(20)28(22)31-27(21)25;;/h8-17,20-22H,18-19H2,1-7H3;8-20H,1-7H3;8-18H,6-7H2,1-5H3;6-16H,1-5H3;2*1H4/q4*+1;;/i1D3,2D3,3D3,4D3,5D3,18D2,19D2,21D,22D;1D3,2D3,3D3,4D3,5D3,19D,20D;1D3,2D3,3D3;1D3,3D3,4D3;;. The van der Waals surface area contributed by atoms with Crippen molar-refractivity contribution >= 4 is 87.8 Å². The van der Waals surface area contributed by atoms with Gasteiger partial charge in [-0.25, -0.2) is 18.3 Å². The molecular weight excluding hydrogens is 1680 g/mol. The van der Waals surface area contributed by atoms with Crippen LogP contribution in [0.2, 0.25) is 0 Å². The molecule has 0 fully saturated rings. The van der Waals surface area contributed by atoms with Crippen LogP contribution in [-0.2, 0) is 49.9 Å². The molecule has 696 valence electrons. The smallest absolute Gasteiger partial charge is 0.216 e. The van der Waals surface area contributed by atoms with Gasteiger partial charge in [-0.05, 0) is 224 Å². The van der Waals surface area contributed by atoms with Gasteiger partial charge >= 0.3 is 0 Å². The summed E-state index contributed by atoms with van der Waals surface area (Å²) in [5.74, 6) is -16.4. The molecule has 12 aromatic carbocycles. The third-order valence-electron chi connectivity index (χ3n) is 27.8. The predicted octanol–water partition coefficient (Wildman–Crippen LogP) is 33.4. The fourth-order valence-electron chi connectivity index (χ4n) is 21.7. The second-order valence-electron chi connectivity index (χ2n) is 35.7. The lowest BCUT2D eigenvalue weighted by Crippen LogP contribution is -2.37. The van der Waals surface area contributed by atoms with Crippen molar-refractivity contribution in [3.8, 4) is 89.5 Å². The highest BCUT2D eigenvalue weighted by molar-refractivity contribution is 6.19. The van der Waals surface area contributed by atoms with Gasteiger partial charge in [0.25, 0.3) is 0 Å². The Labute approximate surface area is 895 Å². The van der Waals surface area contributed by atoms with E-state index in [1.54, 1.807) is 151 Å². The van der Waals surface area contributed by atoms with Gasteiger partial charge in [-0.2, -0.15) is 0 Å². The zero-order valence-corrected chi connectivity index (χ0v) is 75.2. The number of hydrogen-bond donors (Lipinski definition) is 0. The Morgan fingerprint density at radius 1 is 0.290 bits per heavy atom. The number of fused-ring (bicyclic) bond motifs is 28. The molecule has 0 amide bonds. The molecule has 0 bridgehead atoms. The van der Waals surface area contributed by atoms with Crippen LogP contribution in [0.4, 0.5) is 0 Å². The molecule has 0 saturated carbocycles. The van der Waals surface area contributed by atoms with Crippen molar-refractivity contribution in [2.75, 3.05) is 0 Å². The Morgan fingerprint density at radius 2 is 0.594 bits per heavy atom. The Bertz CT molecular complexity index is 10700. The van der Waals surface area contributed by atoms with Crippen LogP contribution in [0.3, 0.4) is 0 Å². The summed E-state index contributed by atoms with van der Waals surface area (Å²) in [6, 6.07) is 64.9. The Morgan fingerprint density at radius 3 is 0.957 bits per heavy atom. The lowest BCUT2D eigenvalue weighted by Gasteiger charge is -2.40. The Balaban J connectivity index is 0.000000155. The highest BCUT2D eigenvalue weighted by Crippen LogP contribution is 2.63. The molecule has 0 radical (unpaired) electrons. The molecule has 20 aromatic rings. The SMILES string of the molecule is C.C.[2H]C([2H])([2H])CC1(CC([2H])([2H])[2H])c2ccccc2-c2c1ccc1c2oc2c(-c3ccc(C([2H])([2H])[2H])c[n+]3C)c(C)ccc21.[2H]C([2H])([2H])c1ccc(-c2c(C)ccc3c2oc2c4c(ccc23)-c2ccccc2C4(C([2H])([2H])[2H])C([2H])([2H])[2H])[n+](C)c1.[2H]C([2H])([2H])c1ccc(-c2c(C)ccc3c2oc2c4c(ccc23)C(C([2H])(C([2H])([2H])[2H])C([2H])([2H])[2H])(C([2H])(C([2H])([2H])[2H])C([2H])([2H])[2H])c2ccccc2-4)[n+](C)c1.[2H]C([2H])([2H])c1ccc(-c2c(C)ccc3c2oc2c4c(ccc23)C(C([2H])([2H])C([2H])(C([2H])([2H])[2H])C([2H])([2H])[2H])(C([2H])([2H])C([2H])(C([2H])([2H])[2H])C([2H])([2H])[2H])c2ccccc2-4)[n+](C)c1. The fraction of sp³-hybridized carbons (Fsp3) is 0.292. The van der Waals surface area contributed by atoms with Crippen LogP contribution in [0.5, 0.6) is 0 Å². The van der Waals surface area contributed by atoms with E-state index in [9.17, 15) is 11.0 Å². The topological polar surface area (TPSA) is 68.1 Å². The van der Waals surface area contributed by atoms with Crippen LogP contribution < -0.4 is 18.3 Å². The maximum absolute atomic E-state index is 9.71. The van der Waals surface area contributed by atoms with Crippen LogP contribution in [0, 0.1) is 78.7 Å². The first-order valence-electron chi connectivity index (χ1n) is 72.2. The van der Waals surface area contributed by atoms with Crippen molar-refractivity contribution < 1.29 is 113 Å². The Kier molecular flexibility index (Phi) is 12.2. The number of benzene rings is 12. The highest BCUT2D eigenvalue weighted by Gasteiger charge is 2.51. The van der Waals surface area contributed by atoms with E-state index < -0.39 is 190 Å². The average Bonchev–Trinajstić information content (AvgIpc) is 1.46. The van der Waals surface area contributed by atoms with Gasteiger partial charge in [0.15, 0.2) is 24.8 Å². The molecule has 8 heteroatoms. The number of rotatable bonds is 12. The van der Waals surface area contributed by atoms with Gasteiger partial charge < -0.3 is 17.7 Å². The zero-order chi connectivity index (χ0) is 142. The quantitative estimate of drug-likeness (QED) is 0.114. The number of furan rings is 4. The largest absolute Gasteiger partial charge is 0.455 e. The first-order chi connectivity index (χ1) is 87.8. The van der Waals surface area contributed by atoms with Crippen molar-refractivity contribution in [3.05, 3.63) is 356 Å². The van der Waals surface area contributed by atoms with E-state index >= 15 is 0 Å². The van der Waals surface area contributed by atoms with Gasteiger partial charge in [0.1, 0.15) is 72.9 Å². The van der Waals surface area contributed by atoms with Gasteiger partial charge in [-0.15, -0.1) is 0 Å². The summed E-state index contributed by atoms with van der Waals surface area (Å²) in [6.07, 6.45) is -3.13. The summed E-state index contributed by atoms with van der Waals surface area (Å²) in [7, 11) is 6.86. The number of aromatic nitrogens is 4. The van der Waals surface area contributed by atoms with Crippen molar-refractivity contribution in [1.82, 2.24) is 0 Å². The highest BCUT2D eigenvalue weighted by atomic mass is 16.3. The number of pyridine rings is 4. The number of hydrogen-bond acceptors (Lipinski definition) is 4. The molecule has 0 unspecified atom stereocenters. The molecule has 0 aliphatic heterocycles. The van der Waals surface area contributed by atoms with E-state index in [0.717, 1.165) is 62.0 Å². The predicted molar refractivity (Wildman–Crippen MR) is 578 cm³/mol. The lowest BCUT2D eigenvalue weighted by molar-refractivity contribution is -0.660. The summed E-state index contributed by atoms with van der Waals surface area (Å²) >= 11 is 0. The van der Waals surface area contributed by atoms with Gasteiger partial charge in [-0.1, -0.05) is 285 Å². The van der Waals surface area contributed by atoms with Crippen molar-refractivity contribution in [2.45, 2.75) is 199 Å². The minimum absolute atomic E-state index is 0. The fourth-order valence-corrected chi connectivity index (χ4v) is 21.7. The first kappa shape index (κ1) is 48.2. The van der Waals surface area contributed by atoms with Gasteiger partial charge in [0.2, 0.25) is 22.8 Å². The molecule has 8 nitrogen and oxygen atoms in total. The third-order valence-corrected chi connectivity index (χ3v) is 27.8. The Hall–Kier alpha value is -13.6. The molecule has 0 saturated heterocycles. The molecule has 0 spiro atoms. The first-order valence-corrected chi connectivity index (χ1v) is 44.2. The van der Waals surface area contributed by atoms with Crippen molar-refractivity contribution in [2.24, 2.45) is 51.8 Å². The zero-order valence-electron chi connectivity index (χ0n) is 131. The van der Waals surface area contributed by atoms with Gasteiger partial charge in [0, 0.05) is 210 Å². The normalized spacial score (nSPS) is 22.0. The molecule has 0 atom stereocenters. The molecule has 4 aliphatic carbocycles. The average molecular weight is 1870 g/mol. The minimum atomic E-state index is -4.30. The number of nitrogens with zero attached hydrogens (tertiary/aromatic N) is 4. The van der Waals surface area contributed by atoms with Crippen molar-refractivity contribution in [3.63, 3.8) is 0 Å². The van der Waals surface area contributed by atoms with Crippen LogP contribution in [0.15, 0.2) is 285 Å². The van der Waals surface area contributed by atoms with Crippen molar-refractivity contribution in [1.29, 1.82) is 0 Å². The molecule has 138 heavy (non-hydrogen) atoms. The van der Waals surface area contributed by atoms with Crippen LogP contribution in [0.1, 0.15) is 288 Å². The van der Waals surface area contributed by atoms with Gasteiger partial charge in [0.05, 0.1) is 22.3 Å². The minimum Gasteiger partial charge on any atom is -0.455 e. The van der Waals surface area contributed by atoms with E-state index in [4.69, 9.17) is 83.5 Å². The van der Waals surface area contributed by atoms with Crippen LogP contribution in [0.25, 0.3) is 177 Å². The summed E-state index contributed by atoms with van der Waals surface area (Å²) in [5.41, 5.74) is 2.50. The van der Waals surface area contributed by atoms with Gasteiger partial charge in [-0.3, -0.25) is 0 Å². The van der Waals surface area contributed by atoms with E-state index in [2.05, 4.69) is 0 Å². The van der Waals surface area contributed by atoms with Crippen LogP contribution in [-0.4, -0.2) is 0 Å². The lowest BCUT2D eigenvalue weighted by atomic mass is 9.63. The molecule has 24 rings (SSSR count). The maximum atomic E-state index is 9.71. The number of aryl methyl sites for hydroxylation is 12. The summed E-state index contributed by atoms with van der Waals surface area (Å²) < 4.78 is 506. The van der Waals surface area contributed by atoms with E-state index in [-0.39, 0.29) is 106 Å². The van der Waals surface area contributed by atoms with E-state index in [0.29, 0.717) is 116 Å². The summed E-state index contributed by atoms with van der Waals surface area (Å²) in [6.45, 7) is -44.3. The van der Waals surface area contributed by atoms with E-state index in [1.165, 1.54) is 85.2 Å². The second-order valence-corrected chi connectivity index (χ2v) is 35.7. The second kappa shape index (κ2) is 34.8. The molecule has 8 aromatic heterocycles. The molecule has 8 heterocycles. The maximum Gasteiger partial charge on any atom is 0.216 e.